The molecule has 0 bridgehead atoms. The molecule has 0 fully saturated rings. The van der Waals surface area contributed by atoms with Crippen molar-refractivity contribution in [1.82, 2.24) is 0 Å². The van der Waals surface area contributed by atoms with Gasteiger partial charge in [-0.25, -0.2) is 0 Å². The molecule has 2 aromatic carbocycles. The highest BCUT2D eigenvalue weighted by Crippen LogP contribution is 2.28. The van der Waals surface area contributed by atoms with Gasteiger partial charge in [0.1, 0.15) is 5.75 Å². The van der Waals surface area contributed by atoms with Crippen LogP contribution in [0.3, 0.4) is 0 Å². The summed E-state index contributed by atoms with van der Waals surface area (Å²) in [5.41, 5.74) is 3.39. The van der Waals surface area contributed by atoms with Crippen LogP contribution < -0.4 is 10.1 Å². The van der Waals surface area contributed by atoms with Crippen LogP contribution in [0.15, 0.2) is 46.9 Å². The molecule has 0 heterocycles. The molecular formula is C22H28BrNO2. The molecule has 140 valence electrons. The van der Waals surface area contributed by atoms with E-state index >= 15 is 0 Å². The van der Waals surface area contributed by atoms with Crippen molar-refractivity contribution in [1.29, 1.82) is 0 Å². The predicted molar refractivity (Wildman–Crippen MR) is 112 cm³/mol. The molecule has 1 N–H and O–H groups in total. The van der Waals surface area contributed by atoms with Gasteiger partial charge in [-0.1, -0.05) is 48.8 Å². The quantitative estimate of drug-likeness (QED) is 0.515. The third kappa shape index (κ3) is 5.87. The Bertz CT molecular complexity index is 738. The Kier molecular flexibility index (Phi) is 7.27. The van der Waals surface area contributed by atoms with Crippen molar-refractivity contribution >= 4 is 27.5 Å². The van der Waals surface area contributed by atoms with Crippen molar-refractivity contribution in [3.05, 3.63) is 58.1 Å². The number of rotatable bonds is 8. The van der Waals surface area contributed by atoms with Crippen LogP contribution in [0.5, 0.6) is 5.75 Å². The van der Waals surface area contributed by atoms with Gasteiger partial charge in [-0.05, 0) is 66.6 Å². The van der Waals surface area contributed by atoms with Crippen LogP contribution in [0.4, 0.5) is 5.69 Å². The summed E-state index contributed by atoms with van der Waals surface area (Å²) < 4.78 is 6.77. The highest BCUT2D eigenvalue weighted by Gasteiger charge is 2.17. The molecule has 0 aliphatic rings. The van der Waals surface area contributed by atoms with E-state index in [-0.39, 0.29) is 11.3 Å². The van der Waals surface area contributed by atoms with E-state index in [2.05, 4.69) is 54.2 Å². The fourth-order valence-corrected chi connectivity index (χ4v) is 3.08. The van der Waals surface area contributed by atoms with E-state index in [0.717, 1.165) is 27.9 Å². The van der Waals surface area contributed by atoms with Crippen molar-refractivity contribution in [2.24, 2.45) is 0 Å². The molecule has 0 atom stereocenters. The number of carbonyl (C=O) groups excluding carboxylic acids is 1. The Balaban J connectivity index is 1.75. The van der Waals surface area contributed by atoms with Gasteiger partial charge in [0.2, 0.25) is 5.91 Å². The number of nitrogens with one attached hydrogen (secondary N) is 1. The summed E-state index contributed by atoms with van der Waals surface area (Å²) in [6.07, 6.45) is 2.22. The van der Waals surface area contributed by atoms with Gasteiger partial charge >= 0.3 is 0 Å². The summed E-state index contributed by atoms with van der Waals surface area (Å²) >= 11 is 3.43. The van der Waals surface area contributed by atoms with Crippen molar-refractivity contribution < 1.29 is 9.53 Å². The molecule has 0 spiro atoms. The lowest BCUT2D eigenvalue weighted by atomic mass is 9.82. The Labute approximate surface area is 165 Å². The van der Waals surface area contributed by atoms with E-state index in [1.807, 2.05) is 37.3 Å². The van der Waals surface area contributed by atoms with Crippen molar-refractivity contribution in [2.45, 2.75) is 52.4 Å². The summed E-state index contributed by atoms with van der Waals surface area (Å²) in [6, 6.07) is 14.1. The smallest absolute Gasteiger partial charge is 0.224 e. The molecule has 4 heteroatoms. The zero-order chi connectivity index (χ0) is 19.2. The largest absolute Gasteiger partial charge is 0.494 e. The zero-order valence-electron chi connectivity index (χ0n) is 16.1. The van der Waals surface area contributed by atoms with E-state index in [0.29, 0.717) is 19.4 Å². The molecule has 0 aliphatic heterocycles. The summed E-state index contributed by atoms with van der Waals surface area (Å²) in [4.78, 5) is 12.1. The topological polar surface area (TPSA) is 38.3 Å². The van der Waals surface area contributed by atoms with Crippen LogP contribution >= 0.6 is 15.9 Å². The third-order valence-electron chi connectivity index (χ3n) is 4.80. The van der Waals surface area contributed by atoms with Crippen LogP contribution in [0.2, 0.25) is 0 Å². The van der Waals surface area contributed by atoms with Gasteiger partial charge < -0.3 is 10.1 Å². The Morgan fingerprint density at radius 1 is 1.15 bits per heavy atom. The molecule has 0 radical (unpaired) electrons. The normalized spacial score (nSPS) is 11.3. The number of amides is 1. The summed E-state index contributed by atoms with van der Waals surface area (Å²) in [5.74, 6) is 0.865. The van der Waals surface area contributed by atoms with E-state index in [9.17, 15) is 4.79 Å². The van der Waals surface area contributed by atoms with E-state index in [1.165, 1.54) is 5.56 Å². The standard InChI is InChI=1S/C22H28BrNO2/c1-5-22(3,4)17-8-11-19(12-9-17)26-14-6-7-21(25)24-20-13-10-18(23)15-16(20)2/h8-13,15H,5-7,14H2,1-4H3,(H,24,25). The number of hydrogen-bond acceptors (Lipinski definition) is 2. The molecule has 1 amide bonds. The van der Waals surface area contributed by atoms with Gasteiger partial charge in [0.15, 0.2) is 0 Å². The van der Waals surface area contributed by atoms with Crippen LogP contribution in [0.25, 0.3) is 0 Å². The molecule has 3 nitrogen and oxygen atoms in total. The first kappa shape index (κ1) is 20.5. The van der Waals surface area contributed by atoms with Gasteiger partial charge in [-0.15, -0.1) is 0 Å². The van der Waals surface area contributed by atoms with Crippen molar-refractivity contribution in [2.75, 3.05) is 11.9 Å². The SMILES string of the molecule is CCC(C)(C)c1ccc(OCCCC(=O)Nc2ccc(Br)cc2C)cc1. The predicted octanol–water partition coefficient (Wildman–Crippen LogP) is 6.24. The first-order valence-corrected chi connectivity index (χ1v) is 9.90. The molecule has 26 heavy (non-hydrogen) atoms. The molecule has 0 unspecified atom stereocenters. The van der Waals surface area contributed by atoms with E-state index in [4.69, 9.17) is 4.74 Å². The molecule has 0 aromatic heterocycles. The van der Waals surface area contributed by atoms with Crippen LogP contribution in [-0.4, -0.2) is 12.5 Å². The lowest BCUT2D eigenvalue weighted by molar-refractivity contribution is -0.116. The molecule has 0 saturated heterocycles. The molecule has 2 aromatic rings. The lowest BCUT2D eigenvalue weighted by Crippen LogP contribution is -2.15. The van der Waals surface area contributed by atoms with Crippen LogP contribution in [0, 0.1) is 6.92 Å². The number of halogens is 1. The third-order valence-corrected chi connectivity index (χ3v) is 5.29. The van der Waals surface area contributed by atoms with Gasteiger partial charge in [0.25, 0.3) is 0 Å². The van der Waals surface area contributed by atoms with E-state index < -0.39 is 0 Å². The highest BCUT2D eigenvalue weighted by molar-refractivity contribution is 9.10. The monoisotopic (exact) mass is 417 g/mol. The van der Waals surface area contributed by atoms with Crippen molar-refractivity contribution in [3.8, 4) is 5.75 Å². The number of benzene rings is 2. The Morgan fingerprint density at radius 3 is 2.46 bits per heavy atom. The second-order valence-electron chi connectivity index (χ2n) is 7.22. The fraction of sp³-hybridized carbons (Fsp3) is 0.409. The second kappa shape index (κ2) is 9.22. The highest BCUT2D eigenvalue weighted by atomic mass is 79.9. The maximum atomic E-state index is 12.1. The summed E-state index contributed by atoms with van der Waals surface area (Å²) in [6.45, 7) is 9.20. The minimum atomic E-state index is 0.0130. The van der Waals surface area contributed by atoms with E-state index in [1.54, 1.807) is 0 Å². The first-order chi connectivity index (χ1) is 12.3. The van der Waals surface area contributed by atoms with Gasteiger partial charge in [-0.2, -0.15) is 0 Å². The molecular weight excluding hydrogens is 390 g/mol. The Morgan fingerprint density at radius 2 is 1.85 bits per heavy atom. The van der Waals surface area contributed by atoms with Crippen LogP contribution in [-0.2, 0) is 10.2 Å². The fourth-order valence-electron chi connectivity index (χ4n) is 2.61. The maximum Gasteiger partial charge on any atom is 0.224 e. The average Bonchev–Trinajstić information content (AvgIpc) is 2.61. The summed E-state index contributed by atoms with van der Waals surface area (Å²) in [7, 11) is 0. The number of hydrogen-bond donors (Lipinski definition) is 1. The molecule has 0 aliphatic carbocycles. The van der Waals surface area contributed by atoms with Gasteiger partial charge in [-0.3, -0.25) is 4.79 Å². The lowest BCUT2D eigenvalue weighted by Gasteiger charge is -2.23. The van der Waals surface area contributed by atoms with Crippen molar-refractivity contribution in [3.63, 3.8) is 0 Å². The molecule has 0 saturated carbocycles. The first-order valence-electron chi connectivity index (χ1n) is 9.11. The van der Waals surface area contributed by atoms with Crippen LogP contribution in [0.1, 0.15) is 51.2 Å². The van der Waals surface area contributed by atoms with Gasteiger partial charge in [0, 0.05) is 16.6 Å². The number of anilines is 1. The number of aryl methyl sites for hydroxylation is 1. The minimum Gasteiger partial charge on any atom is -0.494 e. The second-order valence-corrected chi connectivity index (χ2v) is 8.14. The molecule has 2 rings (SSSR count). The average molecular weight is 418 g/mol. The number of carbonyl (C=O) groups is 1. The van der Waals surface area contributed by atoms with Gasteiger partial charge in [0.05, 0.1) is 6.61 Å². The number of ether oxygens (including phenoxy) is 1. The zero-order valence-corrected chi connectivity index (χ0v) is 17.7. The Hall–Kier alpha value is -1.81. The minimum absolute atomic E-state index is 0.0130. The maximum absolute atomic E-state index is 12.1. The summed E-state index contributed by atoms with van der Waals surface area (Å²) in [5, 5.41) is 2.95.